The highest BCUT2D eigenvalue weighted by atomic mass is 32.1. The summed E-state index contributed by atoms with van der Waals surface area (Å²) < 4.78 is 5.58. The van der Waals surface area contributed by atoms with Gasteiger partial charge in [0.1, 0.15) is 4.88 Å². The third-order valence-corrected chi connectivity index (χ3v) is 9.50. The second kappa shape index (κ2) is 10.5. The number of anilines is 1. The lowest BCUT2D eigenvalue weighted by atomic mass is 9.77. The third-order valence-electron chi connectivity index (χ3n) is 8.31. The van der Waals surface area contributed by atoms with Crippen LogP contribution in [0.25, 0.3) is 5.57 Å². The van der Waals surface area contributed by atoms with E-state index in [0.29, 0.717) is 16.5 Å². The minimum atomic E-state index is -0.928. The molecule has 0 aromatic carbocycles. The summed E-state index contributed by atoms with van der Waals surface area (Å²) in [6.07, 6.45) is 13.1. The van der Waals surface area contributed by atoms with Crippen LogP contribution in [0.1, 0.15) is 106 Å². The molecule has 3 aliphatic rings. The number of carboxylic acid groups (broad SMARTS) is 1. The number of carbonyl (C=O) groups is 2. The molecule has 34 heavy (non-hydrogen) atoms. The quantitative estimate of drug-likeness (QED) is 0.462. The Labute approximate surface area is 208 Å². The lowest BCUT2D eigenvalue weighted by Crippen LogP contribution is -2.47. The van der Waals surface area contributed by atoms with Crippen LogP contribution in [0.2, 0.25) is 0 Å². The highest BCUT2D eigenvalue weighted by Gasteiger charge is 2.38. The Morgan fingerprint density at radius 3 is 2.35 bits per heavy atom. The van der Waals surface area contributed by atoms with Gasteiger partial charge in [0, 0.05) is 23.9 Å². The van der Waals surface area contributed by atoms with Gasteiger partial charge < -0.3 is 14.7 Å². The van der Waals surface area contributed by atoms with Crippen LogP contribution in [0.4, 0.5) is 5.69 Å². The van der Waals surface area contributed by atoms with Crippen LogP contribution in [-0.2, 0) is 9.53 Å². The molecule has 0 unspecified atom stereocenters. The van der Waals surface area contributed by atoms with Gasteiger partial charge in [-0.1, -0.05) is 26.8 Å². The van der Waals surface area contributed by atoms with Crippen molar-refractivity contribution in [3.8, 4) is 0 Å². The zero-order chi connectivity index (χ0) is 24.5. The second-order valence-electron chi connectivity index (χ2n) is 11.6. The van der Waals surface area contributed by atoms with Crippen molar-refractivity contribution in [2.75, 3.05) is 12.0 Å². The minimum Gasteiger partial charge on any atom is -0.477 e. The van der Waals surface area contributed by atoms with E-state index in [4.69, 9.17) is 4.74 Å². The summed E-state index contributed by atoms with van der Waals surface area (Å²) in [6.45, 7) is 6.82. The van der Waals surface area contributed by atoms with Crippen LogP contribution < -0.4 is 4.90 Å². The molecule has 2 fully saturated rings. The number of methoxy groups -OCH3 is 1. The molecular formula is C28H41NO4S. The first-order valence-electron chi connectivity index (χ1n) is 13.1. The Kier molecular flexibility index (Phi) is 7.88. The van der Waals surface area contributed by atoms with Crippen molar-refractivity contribution in [2.45, 2.75) is 104 Å². The van der Waals surface area contributed by atoms with E-state index < -0.39 is 5.97 Å². The smallest absolute Gasteiger partial charge is 0.348 e. The number of carbonyl (C=O) groups excluding carboxylic acids is 1. The van der Waals surface area contributed by atoms with Crippen molar-refractivity contribution in [1.82, 2.24) is 0 Å². The second-order valence-corrected chi connectivity index (χ2v) is 12.6. The maximum atomic E-state index is 14.0. The van der Waals surface area contributed by atoms with Gasteiger partial charge in [-0.15, -0.1) is 11.3 Å². The molecule has 1 aromatic heterocycles. The predicted octanol–water partition coefficient (Wildman–Crippen LogP) is 7.16. The third kappa shape index (κ3) is 5.59. The number of aromatic carboxylic acids is 1. The summed E-state index contributed by atoms with van der Waals surface area (Å²) in [5, 5.41) is 10.2. The molecule has 2 saturated carbocycles. The van der Waals surface area contributed by atoms with Gasteiger partial charge in [-0.2, -0.15) is 0 Å². The molecular weight excluding hydrogens is 446 g/mol. The van der Waals surface area contributed by atoms with Crippen molar-refractivity contribution in [2.24, 2.45) is 17.3 Å². The van der Waals surface area contributed by atoms with Gasteiger partial charge in [-0.05, 0) is 93.6 Å². The number of hydrogen-bond donors (Lipinski definition) is 1. The van der Waals surface area contributed by atoms with Crippen LogP contribution in [-0.4, -0.2) is 36.2 Å². The Hall–Kier alpha value is -1.66. The van der Waals surface area contributed by atoms with Gasteiger partial charge in [0.05, 0.1) is 11.8 Å². The first-order chi connectivity index (χ1) is 16.2. The van der Waals surface area contributed by atoms with Crippen LogP contribution in [0, 0.1) is 17.3 Å². The van der Waals surface area contributed by atoms with E-state index in [0.717, 1.165) is 75.5 Å². The number of ether oxygens (including phenoxy) is 1. The van der Waals surface area contributed by atoms with E-state index in [-0.39, 0.29) is 29.4 Å². The molecule has 1 heterocycles. The SMILES string of the molecule is COC1CCC(N(C(=O)C2CCC(C)CC2)c2cc(C3=CCCC(C)(C)C3)sc2C(=O)O)CC1. The average molecular weight is 488 g/mol. The lowest BCUT2D eigenvalue weighted by molar-refractivity contribution is -0.124. The van der Waals surface area contributed by atoms with Crippen molar-refractivity contribution in [3.05, 3.63) is 21.9 Å². The van der Waals surface area contributed by atoms with Gasteiger partial charge in [0.15, 0.2) is 0 Å². The standard InChI is InChI=1S/C28H41NO4S/c1-18-7-9-19(10-8-18)26(30)29(21-11-13-22(33-4)14-12-21)23-16-24(34-25(23)27(31)32)20-6-5-15-28(2,3)17-20/h6,16,18-19,21-22H,5,7-15,17H2,1-4H3,(H,31,32). The normalized spacial score (nSPS) is 29.4. The van der Waals surface area contributed by atoms with E-state index >= 15 is 0 Å². The summed E-state index contributed by atoms with van der Waals surface area (Å²) in [5.41, 5.74) is 2.07. The molecule has 0 spiro atoms. The minimum absolute atomic E-state index is 0.00540. The Morgan fingerprint density at radius 1 is 1.09 bits per heavy atom. The summed E-state index contributed by atoms with van der Waals surface area (Å²) >= 11 is 1.35. The highest BCUT2D eigenvalue weighted by molar-refractivity contribution is 7.15. The van der Waals surface area contributed by atoms with Gasteiger partial charge in [0.25, 0.3) is 0 Å². The van der Waals surface area contributed by atoms with E-state index in [9.17, 15) is 14.7 Å². The summed E-state index contributed by atoms with van der Waals surface area (Å²) in [4.78, 5) is 29.7. The average Bonchev–Trinajstić information content (AvgIpc) is 3.25. The first-order valence-corrected chi connectivity index (χ1v) is 13.9. The van der Waals surface area contributed by atoms with Gasteiger partial charge >= 0.3 is 5.97 Å². The molecule has 4 rings (SSSR count). The maximum absolute atomic E-state index is 14.0. The monoisotopic (exact) mass is 487 g/mol. The predicted molar refractivity (Wildman–Crippen MR) is 139 cm³/mol. The molecule has 1 amide bonds. The van der Waals surface area contributed by atoms with Gasteiger partial charge in [0.2, 0.25) is 5.91 Å². The molecule has 188 valence electrons. The van der Waals surface area contributed by atoms with E-state index in [1.165, 1.54) is 16.9 Å². The van der Waals surface area contributed by atoms with Crippen molar-refractivity contribution >= 4 is 34.5 Å². The largest absolute Gasteiger partial charge is 0.477 e. The zero-order valence-electron chi connectivity index (χ0n) is 21.3. The number of carboxylic acids is 1. The van der Waals surface area contributed by atoms with Crippen LogP contribution in [0.5, 0.6) is 0 Å². The molecule has 1 aromatic rings. The van der Waals surface area contributed by atoms with E-state index in [1.54, 1.807) is 7.11 Å². The number of thiophene rings is 1. The van der Waals surface area contributed by atoms with E-state index in [2.05, 4.69) is 26.8 Å². The fourth-order valence-electron chi connectivity index (χ4n) is 6.11. The van der Waals surface area contributed by atoms with Crippen LogP contribution in [0.15, 0.2) is 12.1 Å². The number of allylic oxidation sites excluding steroid dienone is 2. The Balaban J connectivity index is 1.70. The number of amides is 1. The first kappa shape index (κ1) is 25.4. The van der Waals surface area contributed by atoms with Gasteiger partial charge in [-0.25, -0.2) is 4.79 Å². The van der Waals surface area contributed by atoms with Gasteiger partial charge in [-0.3, -0.25) is 4.79 Å². The maximum Gasteiger partial charge on any atom is 0.348 e. The van der Waals surface area contributed by atoms with Crippen LogP contribution in [0.3, 0.4) is 0 Å². The number of hydrogen-bond acceptors (Lipinski definition) is 4. The lowest BCUT2D eigenvalue weighted by Gasteiger charge is -2.39. The molecule has 0 saturated heterocycles. The molecule has 0 radical (unpaired) electrons. The van der Waals surface area contributed by atoms with Crippen molar-refractivity contribution in [1.29, 1.82) is 0 Å². The zero-order valence-corrected chi connectivity index (χ0v) is 22.1. The van der Waals surface area contributed by atoms with Crippen molar-refractivity contribution < 1.29 is 19.4 Å². The summed E-state index contributed by atoms with van der Waals surface area (Å²) in [6, 6.07) is 2.06. The molecule has 5 nitrogen and oxygen atoms in total. The van der Waals surface area contributed by atoms with Crippen molar-refractivity contribution in [3.63, 3.8) is 0 Å². The number of rotatable bonds is 6. The molecule has 0 atom stereocenters. The summed E-state index contributed by atoms with van der Waals surface area (Å²) in [7, 11) is 1.75. The summed E-state index contributed by atoms with van der Waals surface area (Å²) in [5.74, 6) is -0.132. The fraction of sp³-hybridized carbons (Fsp3) is 0.714. The van der Waals surface area contributed by atoms with E-state index in [1.807, 2.05) is 11.0 Å². The molecule has 0 bridgehead atoms. The molecule has 3 aliphatic carbocycles. The topological polar surface area (TPSA) is 66.8 Å². The highest BCUT2D eigenvalue weighted by Crippen LogP contribution is 2.45. The van der Waals surface area contributed by atoms with Crippen LogP contribution >= 0.6 is 11.3 Å². The Morgan fingerprint density at radius 2 is 1.76 bits per heavy atom. The number of nitrogens with zero attached hydrogens (tertiary/aromatic N) is 1. The Bertz CT molecular complexity index is 917. The fourth-order valence-corrected chi connectivity index (χ4v) is 7.14. The molecule has 6 heteroatoms. The molecule has 0 aliphatic heterocycles. The molecule has 1 N–H and O–H groups in total.